The Morgan fingerprint density at radius 1 is 1.03 bits per heavy atom. The Morgan fingerprint density at radius 2 is 1.68 bits per heavy atom. The summed E-state index contributed by atoms with van der Waals surface area (Å²) in [6.07, 6.45) is 2.71. The number of rotatable bonds is 11. The summed E-state index contributed by atoms with van der Waals surface area (Å²) in [5.41, 5.74) is 0.933. The molecule has 0 saturated heterocycles. The number of nitrogens with zero attached hydrogens (tertiary/aromatic N) is 2. The van der Waals surface area contributed by atoms with Crippen LogP contribution in [0.4, 0.5) is 5.69 Å². The molecule has 11 heteroatoms. The van der Waals surface area contributed by atoms with Gasteiger partial charge in [-0.25, -0.2) is 8.42 Å². The summed E-state index contributed by atoms with van der Waals surface area (Å²) >= 11 is 18.0. The molecule has 186 valence electrons. The molecule has 0 unspecified atom stereocenters. The minimum Gasteiger partial charge on any atom is -0.354 e. The number of amides is 2. The van der Waals surface area contributed by atoms with E-state index in [9.17, 15) is 18.0 Å². The summed E-state index contributed by atoms with van der Waals surface area (Å²) in [6, 6.07) is 10.3. The van der Waals surface area contributed by atoms with Crippen molar-refractivity contribution in [3.05, 3.63) is 63.1 Å². The molecule has 0 heterocycles. The molecule has 0 radical (unpaired) electrons. The van der Waals surface area contributed by atoms with Crippen LogP contribution < -0.4 is 9.62 Å². The van der Waals surface area contributed by atoms with Gasteiger partial charge in [0.2, 0.25) is 21.8 Å². The molecule has 34 heavy (non-hydrogen) atoms. The highest BCUT2D eigenvalue weighted by Crippen LogP contribution is 2.28. The number of carbonyl (C=O) groups excluding carboxylic acids is 2. The molecule has 1 N–H and O–H groups in total. The van der Waals surface area contributed by atoms with E-state index in [-0.39, 0.29) is 28.2 Å². The quantitative estimate of drug-likeness (QED) is 0.411. The third kappa shape index (κ3) is 8.05. The number of sulfonamides is 1. The Balaban J connectivity index is 2.35. The molecule has 0 spiro atoms. The molecule has 1 atom stereocenters. The van der Waals surface area contributed by atoms with E-state index in [4.69, 9.17) is 34.8 Å². The fraction of sp³-hybridized carbons (Fsp3) is 0.391. The molecule has 0 fully saturated rings. The smallest absolute Gasteiger partial charge is 0.244 e. The molecule has 0 aliphatic carbocycles. The second kappa shape index (κ2) is 12.6. The highest BCUT2D eigenvalue weighted by molar-refractivity contribution is 7.92. The highest BCUT2D eigenvalue weighted by atomic mass is 35.5. The Hall–Kier alpha value is -2.00. The molecule has 2 amide bonds. The van der Waals surface area contributed by atoms with E-state index in [1.165, 1.54) is 23.1 Å². The van der Waals surface area contributed by atoms with Crippen LogP contribution >= 0.6 is 34.8 Å². The van der Waals surface area contributed by atoms with Gasteiger partial charge < -0.3 is 10.2 Å². The number of unbranched alkanes of at least 4 members (excludes halogenated alkanes) is 1. The van der Waals surface area contributed by atoms with Gasteiger partial charge in [0.05, 0.1) is 22.0 Å². The molecular formula is C23H28Cl3N3O4S. The molecule has 0 saturated carbocycles. The zero-order valence-electron chi connectivity index (χ0n) is 19.2. The molecule has 2 rings (SSSR count). The van der Waals surface area contributed by atoms with Gasteiger partial charge in [0.15, 0.2) is 0 Å². The number of hydrogen-bond acceptors (Lipinski definition) is 4. The van der Waals surface area contributed by atoms with E-state index in [0.717, 1.165) is 29.0 Å². The average Bonchev–Trinajstić information content (AvgIpc) is 2.77. The van der Waals surface area contributed by atoms with Crippen LogP contribution in [0.3, 0.4) is 0 Å². The Kier molecular flexibility index (Phi) is 10.5. The first-order valence-electron chi connectivity index (χ1n) is 10.7. The van der Waals surface area contributed by atoms with E-state index < -0.39 is 28.5 Å². The maximum atomic E-state index is 13.4. The fourth-order valence-electron chi connectivity index (χ4n) is 3.16. The van der Waals surface area contributed by atoms with E-state index in [2.05, 4.69) is 5.32 Å². The lowest BCUT2D eigenvalue weighted by Gasteiger charge is -2.31. The number of nitrogens with one attached hydrogen (secondary N) is 1. The lowest BCUT2D eigenvalue weighted by atomic mass is 10.1. The second-order valence-electron chi connectivity index (χ2n) is 7.84. The topological polar surface area (TPSA) is 86.8 Å². The van der Waals surface area contributed by atoms with E-state index in [1.54, 1.807) is 31.2 Å². The number of carbonyl (C=O) groups is 2. The Morgan fingerprint density at radius 3 is 2.24 bits per heavy atom. The van der Waals surface area contributed by atoms with Gasteiger partial charge in [-0.3, -0.25) is 13.9 Å². The number of benzene rings is 2. The van der Waals surface area contributed by atoms with Crippen molar-refractivity contribution in [1.29, 1.82) is 0 Å². The molecule has 7 nitrogen and oxygen atoms in total. The summed E-state index contributed by atoms with van der Waals surface area (Å²) in [5, 5.41) is 3.77. The number of anilines is 1. The van der Waals surface area contributed by atoms with Crippen LogP contribution in [0.25, 0.3) is 0 Å². The van der Waals surface area contributed by atoms with Gasteiger partial charge in [-0.15, -0.1) is 0 Å². The van der Waals surface area contributed by atoms with Crippen molar-refractivity contribution in [2.45, 2.75) is 39.3 Å². The molecule has 0 aromatic heterocycles. The third-order valence-electron chi connectivity index (χ3n) is 5.13. The van der Waals surface area contributed by atoms with E-state index >= 15 is 0 Å². The molecule has 0 bridgehead atoms. The molecule has 2 aromatic rings. The van der Waals surface area contributed by atoms with Gasteiger partial charge >= 0.3 is 0 Å². The lowest BCUT2D eigenvalue weighted by Crippen LogP contribution is -2.51. The van der Waals surface area contributed by atoms with Crippen LogP contribution in [0.2, 0.25) is 15.1 Å². The minimum atomic E-state index is -3.85. The molecular weight excluding hydrogens is 521 g/mol. The summed E-state index contributed by atoms with van der Waals surface area (Å²) in [6.45, 7) is 3.68. The highest BCUT2D eigenvalue weighted by Gasteiger charge is 2.30. The van der Waals surface area contributed by atoms with Crippen LogP contribution in [-0.4, -0.2) is 50.5 Å². The van der Waals surface area contributed by atoms with Gasteiger partial charge in [-0.05, 0) is 49.2 Å². The van der Waals surface area contributed by atoms with Crippen molar-refractivity contribution >= 4 is 62.3 Å². The second-order valence-corrected chi connectivity index (χ2v) is 11.0. The fourth-order valence-corrected chi connectivity index (χ4v) is 4.42. The van der Waals surface area contributed by atoms with E-state index in [1.807, 2.05) is 6.92 Å². The third-order valence-corrected chi connectivity index (χ3v) is 7.26. The van der Waals surface area contributed by atoms with Gasteiger partial charge in [0.25, 0.3) is 0 Å². The Labute approximate surface area is 216 Å². The van der Waals surface area contributed by atoms with E-state index in [0.29, 0.717) is 11.6 Å². The maximum absolute atomic E-state index is 13.4. The normalized spacial score (nSPS) is 12.2. The van der Waals surface area contributed by atoms with Crippen LogP contribution in [0.15, 0.2) is 42.5 Å². The van der Waals surface area contributed by atoms with Gasteiger partial charge in [-0.2, -0.15) is 0 Å². The molecule has 2 aromatic carbocycles. The van der Waals surface area contributed by atoms with Crippen LogP contribution in [0.5, 0.6) is 0 Å². The number of halogens is 3. The van der Waals surface area contributed by atoms with Crippen molar-refractivity contribution in [3.63, 3.8) is 0 Å². The zero-order chi connectivity index (χ0) is 25.5. The first-order chi connectivity index (χ1) is 15.9. The SMILES string of the molecule is CCCCNC(=O)[C@H](C)N(Cc1ccc(Cl)cc1)C(=O)CN(c1ccc(Cl)c(Cl)c1)S(C)(=O)=O. The summed E-state index contributed by atoms with van der Waals surface area (Å²) < 4.78 is 26.0. The molecule has 0 aliphatic rings. The largest absolute Gasteiger partial charge is 0.354 e. The van der Waals surface area contributed by atoms with Crippen molar-refractivity contribution in [1.82, 2.24) is 10.2 Å². The average molecular weight is 549 g/mol. The van der Waals surface area contributed by atoms with Crippen molar-refractivity contribution < 1.29 is 18.0 Å². The zero-order valence-corrected chi connectivity index (χ0v) is 22.3. The molecule has 0 aliphatic heterocycles. The van der Waals surface area contributed by atoms with Crippen LogP contribution in [0.1, 0.15) is 32.3 Å². The predicted octanol–water partition coefficient (Wildman–Crippen LogP) is 4.75. The van der Waals surface area contributed by atoms with Gasteiger partial charge in [0, 0.05) is 18.1 Å². The van der Waals surface area contributed by atoms with Crippen LogP contribution in [-0.2, 0) is 26.2 Å². The van der Waals surface area contributed by atoms with Crippen molar-refractivity contribution in [2.75, 3.05) is 23.7 Å². The van der Waals surface area contributed by atoms with Crippen molar-refractivity contribution in [3.8, 4) is 0 Å². The summed E-state index contributed by atoms with van der Waals surface area (Å²) in [5.74, 6) is -0.874. The van der Waals surface area contributed by atoms with Gasteiger partial charge in [0.1, 0.15) is 12.6 Å². The van der Waals surface area contributed by atoms with Crippen LogP contribution in [0, 0.1) is 0 Å². The first-order valence-corrected chi connectivity index (χ1v) is 13.7. The van der Waals surface area contributed by atoms with Gasteiger partial charge in [-0.1, -0.05) is 60.3 Å². The monoisotopic (exact) mass is 547 g/mol. The summed E-state index contributed by atoms with van der Waals surface area (Å²) in [4.78, 5) is 27.5. The minimum absolute atomic E-state index is 0.0946. The first kappa shape index (κ1) is 28.2. The maximum Gasteiger partial charge on any atom is 0.244 e. The number of hydrogen-bond donors (Lipinski definition) is 1. The lowest BCUT2D eigenvalue weighted by molar-refractivity contribution is -0.139. The summed E-state index contributed by atoms with van der Waals surface area (Å²) in [7, 11) is -3.85. The van der Waals surface area contributed by atoms with Crippen molar-refractivity contribution in [2.24, 2.45) is 0 Å². The standard InChI is InChI=1S/C23H28Cl3N3O4S/c1-4-5-12-27-23(31)16(2)28(14-17-6-8-18(24)9-7-17)22(30)15-29(34(3,32)33)19-10-11-20(25)21(26)13-19/h6-11,13,16H,4-5,12,14-15H2,1-3H3,(H,27,31)/t16-/m0/s1. The Bertz CT molecular complexity index is 1110. The predicted molar refractivity (Wildman–Crippen MR) is 138 cm³/mol.